The van der Waals surface area contributed by atoms with Crippen LogP contribution in [0.15, 0.2) is 42.5 Å². The van der Waals surface area contributed by atoms with Gasteiger partial charge in [-0.2, -0.15) is 0 Å². The molecule has 0 unspecified atom stereocenters. The van der Waals surface area contributed by atoms with Crippen LogP contribution in [0.2, 0.25) is 0 Å². The summed E-state index contributed by atoms with van der Waals surface area (Å²) in [7, 11) is 0. The summed E-state index contributed by atoms with van der Waals surface area (Å²) in [5.74, 6) is 0.606. The Morgan fingerprint density at radius 3 is 2.64 bits per heavy atom. The average Bonchev–Trinajstić information content (AvgIpc) is 3.19. The Hall–Kier alpha value is -3.08. The summed E-state index contributed by atoms with van der Waals surface area (Å²) >= 11 is 0. The number of ketones is 1. The fraction of sp³-hybridized carbons (Fsp3) is 0.304. The summed E-state index contributed by atoms with van der Waals surface area (Å²) in [5, 5.41) is 0. The van der Waals surface area contributed by atoms with E-state index >= 15 is 0 Å². The molecule has 1 aliphatic heterocycles. The van der Waals surface area contributed by atoms with Crippen molar-refractivity contribution in [3.63, 3.8) is 0 Å². The third-order valence-electron chi connectivity index (χ3n) is 5.02. The summed E-state index contributed by atoms with van der Waals surface area (Å²) in [5.41, 5.74) is 3.92. The van der Waals surface area contributed by atoms with Gasteiger partial charge < -0.3 is 14.2 Å². The zero-order valence-corrected chi connectivity index (χ0v) is 15.8. The Labute approximate surface area is 163 Å². The first kappa shape index (κ1) is 18.3. The Morgan fingerprint density at radius 2 is 1.79 bits per heavy atom. The van der Waals surface area contributed by atoms with Gasteiger partial charge in [-0.05, 0) is 67.2 Å². The van der Waals surface area contributed by atoms with Gasteiger partial charge >= 0.3 is 5.97 Å². The standard InChI is InChI=1S/C23H22O5/c1-15(23(25)19-8-7-17-3-2-4-18(17)14-19)28-22(24)10-6-16-5-9-20-21(13-16)27-12-11-26-20/h5-10,13-15H,2-4,11-12H2,1H3/b10-6+/t15-/m1/s1. The molecule has 0 N–H and O–H groups in total. The molecule has 0 radical (unpaired) electrons. The summed E-state index contributed by atoms with van der Waals surface area (Å²) in [6.07, 6.45) is 5.31. The topological polar surface area (TPSA) is 61.8 Å². The van der Waals surface area contributed by atoms with Crippen LogP contribution in [0.25, 0.3) is 6.08 Å². The highest BCUT2D eigenvalue weighted by Gasteiger charge is 2.21. The molecule has 2 aromatic carbocycles. The molecular formula is C23H22O5. The third-order valence-corrected chi connectivity index (χ3v) is 5.02. The van der Waals surface area contributed by atoms with Gasteiger partial charge in [-0.15, -0.1) is 0 Å². The normalized spacial score (nSPS) is 15.9. The van der Waals surface area contributed by atoms with Gasteiger partial charge in [-0.1, -0.05) is 18.2 Å². The van der Waals surface area contributed by atoms with Gasteiger partial charge in [0.15, 0.2) is 17.6 Å². The second kappa shape index (κ2) is 7.89. The third kappa shape index (κ3) is 3.93. The molecule has 28 heavy (non-hydrogen) atoms. The van der Waals surface area contributed by atoms with Crippen LogP contribution in [-0.4, -0.2) is 31.1 Å². The lowest BCUT2D eigenvalue weighted by Gasteiger charge is -2.18. The zero-order valence-electron chi connectivity index (χ0n) is 15.8. The molecule has 0 spiro atoms. The number of ether oxygens (including phenoxy) is 3. The first-order valence-electron chi connectivity index (χ1n) is 9.54. The van der Waals surface area contributed by atoms with Crippen LogP contribution < -0.4 is 9.47 Å². The number of Topliss-reactive ketones (excluding diaryl/α,β-unsaturated/α-hetero) is 1. The van der Waals surface area contributed by atoms with E-state index in [1.54, 1.807) is 25.1 Å². The number of hydrogen-bond donors (Lipinski definition) is 0. The molecule has 1 aliphatic carbocycles. The summed E-state index contributed by atoms with van der Waals surface area (Å²) < 4.78 is 16.3. The van der Waals surface area contributed by atoms with E-state index in [1.165, 1.54) is 17.2 Å². The van der Waals surface area contributed by atoms with Gasteiger partial charge in [0.25, 0.3) is 0 Å². The molecule has 2 aromatic rings. The second-order valence-corrected chi connectivity index (χ2v) is 7.02. The van der Waals surface area contributed by atoms with Crippen molar-refractivity contribution in [2.24, 2.45) is 0 Å². The largest absolute Gasteiger partial charge is 0.486 e. The van der Waals surface area contributed by atoms with Crippen molar-refractivity contribution in [2.45, 2.75) is 32.3 Å². The van der Waals surface area contributed by atoms with E-state index in [0.29, 0.717) is 30.3 Å². The molecule has 144 valence electrons. The highest BCUT2D eigenvalue weighted by atomic mass is 16.6. The number of benzene rings is 2. The number of carbonyl (C=O) groups excluding carboxylic acids is 2. The van der Waals surface area contributed by atoms with Gasteiger partial charge in [-0.3, -0.25) is 4.79 Å². The van der Waals surface area contributed by atoms with E-state index in [4.69, 9.17) is 14.2 Å². The predicted molar refractivity (Wildman–Crippen MR) is 105 cm³/mol. The predicted octanol–water partition coefficient (Wildman–Crippen LogP) is 3.77. The minimum atomic E-state index is -0.836. The van der Waals surface area contributed by atoms with Crippen molar-refractivity contribution in [1.29, 1.82) is 0 Å². The lowest BCUT2D eigenvalue weighted by Crippen LogP contribution is -2.23. The van der Waals surface area contributed by atoms with E-state index in [9.17, 15) is 9.59 Å². The van der Waals surface area contributed by atoms with E-state index in [0.717, 1.165) is 24.8 Å². The lowest BCUT2D eigenvalue weighted by atomic mass is 10.0. The molecule has 0 bridgehead atoms. The van der Waals surface area contributed by atoms with Crippen LogP contribution in [0, 0.1) is 0 Å². The van der Waals surface area contributed by atoms with Gasteiger partial charge in [0, 0.05) is 11.6 Å². The average molecular weight is 378 g/mol. The zero-order chi connectivity index (χ0) is 19.5. The molecule has 1 heterocycles. The summed E-state index contributed by atoms with van der Waals surface area (Å²) in [6, 6.07) is 11.2. The van der Waals surface area contributed by atoms with E-state index in [1.807, 2.05) is 24.3 Å². The van der Waals surface area contributed by atoms with Crippen LogP contribution >= 0.6 is 0 Å². The Kier molecular flexibility index (Phi) is 5.15. The molecule has 2 aliphatic rings. The number of rotatable bonds is 5. The van der Waals surface area contributed by atoms with Crippen molar-refractivity contribution in [1.82, 2.24) is 0 Å². The van der Waals surface area contributed by atoms with Crippen molar-refractivity contribution >= 4 is 17.8 Å². The minimum absolute atomic E-state index is 0.184. The van der Waals surface area contributed by atoms with Crippen LogP contribution in [0.3, 0.4) is 0 Å². The maximum atomic E-state index is 12.6. The summed E-state index contributed by atoms with van der Waals surface area (Å²) in [6.45, 7) is 2.64. The first-order chi connectivity index (χ1) is 13.6. The van der Waals surface area contributed by atoms with E-state index in [-0.39, 0.29) is 5.78 Å². The quantitative estimate of drug-likeness (QED) is 0.450. The highest BCUT2D eigenvalue weighted by Crippen LogP contribution is 2.31. The van der Waals surface area contributed by atoms with Crippen molar-refractivity contribution < 1.29 is 23.8 Å². The first-order valence-corrected chi connectivity index (χ1v) is 9.54. The molecule has 0 saturated heterocycles. The number of aryl methyl sites for hydroxylation is 2. The number of hydrogen-bond acceptors (Lipinski definition) is 5. The lowest BCUT2D eigenvalue weighted by molar-refractivity contribution is -0.140. The minimum Gasteiger partial charge on any atom is -0.486 e. The Morgan fingerprint density at radius 1 is 1.00 bits per heavy atom. The number of esters is 1. The van der Waals surface area contributed by atoms with Crippen molar-refractivity contribution in [2.75, 3.05) is 13.2 Å². The Bertz CT molecular complexity index is 944. The van der Waals surface area contributed by atoms with Crippen LogP contribution in [0.1, 0.15) is 40.4 Å². The molecule has 0 saturated carbocycles. The van der Waals surface area contributed by atoms with Crippen molar-refractivity contribution in [3.05, 3.63) is 64.7 Å². The van der Waals surface area contributed by atoms with Crippen LogP contribution in [0.4, 0.5) is 0 Å². The van der Waals surface area contributed by atoms with Gasteiger partial charge in [0.05, 0.1) is 0 Å². The van der Waals surface area contributed by atoms with E-state index in [2.05, 4.69) is 0 Å². The number of fused-ring (bicyclic) bond motifs is 2. The molecule has 0 amide bonds. The summed E-state index contributed by atoms with van der Waals surface area (Å²) in [4.78, 5) is 24.7. The highest BCUT2D eigenvalue weighted by molar-refractivity contribution is 6.01. The maximum Gasteiger partial charge on any atom is 0.331 e. The molecule has 5 heteroatoms. The number of carbonyl (C=O) groups is 2. The molecular weight excluding hydrogens is 356 g/mol. The molecule has 5 nitrogen and oxygen atoms in total. The van der Waals surface area contributed by atoms with Crippen LogP contribution in [-0.2, 0) is 22.4 Å². The van der Waals surface area contributed by atoms with Crippen molar-refractivity contribution in [3.8, 4) is 11.5 Å². The fourth-order valence-electron chi connectivity index (χ4n) is 3.55. The van der Waals surface area contributed by atoms with Gasteiger partial charge in [0.2, 0.25) is 5.78 Å². The molecule has 0 fully saturated rings. The van der Waals surface area contributed by atoms with Gasteiger partial charge in [0.1, 0.15) is 13.2 Å². The molecule has 4 rings (SSSR count). The van der Waals surface area contributed by atoms with Gasteiger partial charge in [-0.25, -0.2) is 4.79 Å². The second-order valence-electron chi connectivity index (χ2n) is 7.02. The monoisotopic (exact) mass is 378 g/mol. The Balaban J connectivity index is 1.37. The van der Waals surface area contributed by atoms with Crippen LogP contribution in [0.5, 0.6) is 11.5 Å². The fourth-order valence-corrected chi connectivity index (χ4v) is 3.55. The molecule has 1 atom stereocenters. The van der Waals surface area contributed by atoms with E-state index < -0.39 is 12.1 Å². The maximum absolute atomic E-state index is 12.6. The smallest absolute Gasteiger partial charge is 0.331 e. The SMILES string of the molecule is C[C@@H](OC(=O)/C=C/c1ccc2c(c1)OCCO2)C(=O)c1ccc2c(c1)CCC2. The molecule has 0 aromatic heterocycles.